The highest BCUT2D eigenvalue weighted by molar-refractivity contribution is 5.80. The lowest BCUT2D eigenvalue weighted by molar-refractivity contribution is -0.120. The van der Waals surface area contributed by atoms with Crippen LogP contribution in [-0.4, -0.2) is 26.5 Å². The maximum absolute atomic E-state index is 12.9. The Hall–Kier alpha value is -3.99. The Bertz CT molecular complexity index is 1310. The molecule has 0 saturated heterocycles. The maximum Gasteiger partial charge on any atom is 0.285 e. The molecule has 0 fully saturated rings. The highest BCUT2D eigenvalue weighted by Gasteiger charge is 2.16. The zero-order valence-electron chi connectivity index (χ0n) is 16.1. The second-order valence-corrected chi connectivity index (χ2v) is 6.42. The van der Waals surface area contributed by atoms with Crippen LogP contribution in [0.2, 0.25) is 0 Å². The van der Waals surface area contributed by atoms with Crippen molar-refractivity contribution in [2.75, 3.05) is 6.61 Å². The van der Waals surface area contributed by atoms with Crippen LogP contribution in [0.15, 0.2) is 65.2 Å². The molecule has 0 unspecified atom stereocenters. The predicted molar refractivity (Wildman–Crippen MR) is 108 cm³/mol. The average molecular weight is 389 g/mol. The molecule has 146 valence electrons. The molecule has 0 aliphatic heterocycles. The summed E-state index contributed by atoms with van der Waals surface area (Å²) in [5.41, 5.74) is 0.764. The van der Waals surface area contributed by atoms with Crippen molar-refractivity contribution in [3.63, 3.8) is 0 Å². The molecule has 0 aliphatic rings. The lowest BCUT2D eigenvalue weighted by atomic mass is 10.2. The van der Waals surface area contributed by atoms with Crippen molar-refractivity contribution in [3.8, 4) is 6.07 Å². The molecular formula is C21H19N5O3. The van der Waals surface area contributed by atoms with Gasteiger partial charge in [0.05, 0.1) is 17.2 Å². The van der Waals surface area contributed by atoms with Crippen LogP contribution in [-0.2, 0) is 9.53 Å². The van der Waals surface area contributed by atoms with E-state index in [9.17, 15) is 14.9 Å². The van der Waals surface area contributed by atoms with Crippen molar-refractivity contribution in [1.29, 1.82) is 5.26 Å². The summed E-state index contributed by atoms with van der Waals surface area (Å²) in [6, 6.07) is 8.46. The monoisotopic (exact) mass is 389 g/mol. The first kappa shape index (κ1) is 19.8. The van der Waals surface area contributed by atoms with E-state index in [-0.39, 0.29) is 34.6 Å². The first-order valence-corrected chi connectivity index (χ1v) is 8.91. The van der Waals surface area contributed by atoms with Gasteiger partial charge in [-0.25, -0.2) is 4.98 Å². The van der Waals surface area contributed by atoms with Crippen molar-refractivity contribution in [2.45, 2.75) is 19.9 Å². The molecule has 3 heterocycles. The summed E-state index contributed by atoms with van der Waals surface area (Å²) >= 11 is 0. The van der Waals surface area contributed by atoms with Gasteiger partial charge in [0.2, 0.25) is 0 Å². The van der Waals surface area contributed by atoms with Gasteiger partial charge in [-0.15, -0.1) is 0 Å². The van der Waals surface area contributed by atoms with Gasteiger partial charge in [-0.05, 0) is 38.1 Å². The Balaban J connectivity index is 2.32. The molecule has 0 radical (unpaired) electrons. The molecule has 8 nitrogen and oxygen atoms in total. The van der Waals surface area contributed by atoms with Crippen LogP contribution in [0.4, 0.5) is 0 Å². The third-order valence-corrected chi connectivity index (χ3v) is 4.12. The van der Waals surface area contributed by atoms with E-state index in [1.807, 2.05) is 19.9 Å². The fourth-order valence-electron chi connectivity index (χ4n) is 2.91. The topological polar surface area (TPSA) is 102 Å². The molecule has 0 bridgehead atoms. The molecule has 0 spiro atoms. The number of nitriles is 1. The third-order valence-electron chi connectivity index (χ3n) is 4.12. The fraction of sp³-hybridized carbons (Fsp3) is 0.190. The molecule has 3 aromatic rings. The number of aromatic nitrogens is 3. The molecule has 29 heavy (non-hydrogen) atoms. The number of ether oxygens (including phenoxy) is 1. The van der Waals surface area contributed by atoms with Gasteiger partial charge in [0.1, 0.15) is 17.4 Å². The van der Waals surface area contributed by atoms with E-state index >= 15 is 0 Å². The van der Waals surface area contributed by atoms with Gasteiger partial charge in [-0.3, -0.25) is 14.0 Å². The molecule has 0 saturated carbocycles. The minimum absolute atomic E-state index is 0.107. The van der Waals surface area contributed by atoms with Crippen molar-refractivity contribution < 1.29 is 9.53 Å². The number of allylic oxidation sites excluding steroid dienone is 2. The number of hydrogen-bond acceptors (Lipinski definition) is 5. The maximum atomic E-state index is 12.9. The summed E-state index contributed by atoms with van der Waals surface area (Å²) in [6.45, 7) is 6.94. The van der Waals surface area contributed by atoms with E-state index in [4.69, 9.17) is 4.74 Å². The number of carbonyl (C=O) groups is 1. The van der Waals surface area contributed by atoms with Crippen molar-refractivity contribution in [1.82, 2.24) is 14.0 Å². The Morgan fingerprint density at radius 3 is 2.93 bits per heavy atom. The van der Waals surface area contributed by atoms with E-state index < -0.39 is 5.91 Å². The predicted octanol–water partition coefficient (Wildman–Crippen LogP) is 2.25. The van der Waals surface area contributed by atoms with E-state index in [1.54, 1.807) is 35.0 Å². The molecule has 0 N–H and O–H groups in total. The Labute approximate surface area is 166 Å². The molecule has 0 aromatic carbocycles. The van der Waals surface area contributed by atoms with Gasteiger partial charge in [0, 0.05) is 12.2 Å². The summed E-state index contributed by atoms with van der Waals surface area (Å²) in [5.74, 6) is -0.568. The number of pyridine rings is 2. The van der Waals surface area contributed by atoms with Gasteiger partial charge < -0.3 is 9.30 Å². The highest BCUT2D eigenvalue weighted by atomic mass is 16.5. The minimum Gasteiger partial charge on any atom is -0.491 e. The molecule has 0 atom stereocenters. The van der Waals surface area contributed by atoms with E-state index in [2.05, 4.69) is 16.6 Å². The lowest BCUT2D eigenvalue weighted by Gasteiger charge is -2.16. The SMILES string of the molecule is C=C/C=C/OCC(=O)N=c1c(C#N)cc2c(=O)n3ccccc3nc2n1C(C)C. The van der Waals surface area contributed by atoms with Crippen molar-refractivity contribution >= 4 is 22.6 Å². The smallest absolute Gasteiger partial charge is 0.285 e. The number of hydrogen-bond donors (Lipinski definition) is 0. The van der Waals surface area contributed by atoms with Gasteiger partial charge in [0.25, 0.3) is 11.5 Å². The summed E-state index contributed by atoms with van der Waals surface area (Å²) in [5, 5.41) is 9.90. The van der Waals surface area contributed by atoms with Crippen LogP contribution in [0.3, 0.4) is 0 Å². The number of amides is 1. The molecule has 3 rings (SSSR count). The summed E-state index contributed by atoms with van der Waals surface area (Å²) in [4.78, 5) is 33.9. The van der Waals surface area contributed by atoms with Crippen LogP contribution >= 0.6 is 0 Å². The second-order valence-electron chi connectivity index (χ2n) is 6.42. The summed E-state index contributed by atoms with van der Waals surface area (Å²) < 4.78 is 8.13. The molecule has 8 heteroatoms. The number of rotatable bonds is 5. The van der Waals surface area contributed by atoms with Gasteiger partial charge in [0.15, 0.2) is 12.1 Å². The van der Waals surface area contributed by atoms with Gasteiger partial charge >= 0.3 is 0 Å². The standard InChI is InChI=1S/C21H19N5O3/c1-4-5-10-29-13-18(27)24-19-15(12-22)11-16-20(26(19)14(2)3)23-17-8-6-7-9-25(17)21(16)28/h4-11,14H,1,13H2,2-3H3/b10-5+,24-19?. The number of fused-ring (bicyclic) bond motifs is 2. The Morgan fingerprint density at radius 1 is 1.45 bits per heavy atom. The molecule has 0 aliphatic carbocycles. The normalized spacial score (nSPS) is 12.0. The first-order chi connectivity index (χ1) is 14.0. The third kappa shape index (κ3) is 3.84. The van der Waals surface area contributed by atoms with E-state index in [0.717, 1.165) is 0 Å². The zero-order chi connectivity index (χ0) is 21.0. The highest BCUT2D eigenvalue weighted by Crippen LogP contribution is 2.14. The summed E-state index contributed by atoms with van der Waals surface area (Å²) in [7, 11) is 0. The van der Waals surface area contributed by atoms with Gasteiger partial charge in [-0.1, -0.05) is 18.7 Å². The Kier molecular flexibility index (Phi) is 5.69. The summed E-state index contributed by atoms with van der Waals surface area (Å²) in [6.07, 6.45) is 6.00. The minimum atomic E-state index is -0.568. The van der Waals surface area contributed by atoms with Crippen molar-refractivity contribution in [2.24, 2.45) is 4.99 Å². The van der Waals surface area contributed by atoms with Crippen LogP contribution in [0.1, 0.15) is 25.5 Å². The zero-order valence-corrected chi connectivity index (χ0v) is 16.1. The van der Waals surface area contributed by atoms with Crippen LogP contribution in [0, 0.1) is 11.3 Å². The van der Waals surface area contributed by atoms with E-state index in [0.29, 0.717) is 11.3 Å². The van der Waals surface area contributed by atoms with Crippen molar-refractivity contribution in [3.05, 3.63) is 76.9 Å². The largest absolute Gasteiger partial charge is 0.491 e. The first-order valence-electron chi connectivity index (χ1n) is 8.91. The number of nitrogens with zero attached hydrogens (tertiary/aromatic N) is 5. The molecule has 1 amide bonds. The van der Waals surface area contributed by atoms with Gasteiger partial charge in [-0.2, -0.15) is 10.3 Å². The molecule has 3 aromatic heterocycles. The second kappa shape index (κ2) is 8.35. The van der Waals surface area contributed by atoms with Crippen LogP contribution in [0.25, 0.3) is 16.7 Å². The fourth-order valence-corrected chi connectivity index (χ4v) is 2.91. The quantitative estimate of drug-likeness (QED) is 0.378. The van der Waals surface area contributed by atoms with E-state index in [1.165, 1.54) is 22.8 Å². The van der Waals surface area contributed by atoms with Crippen LogP contribution in [0.5, 0.6) is 0 Å². The molecular weight excluding hydrogens is 370 g/mol. The number of carbonyl (C=O) groups excluding carboxylic acids is 1. The average Bonchev–Trinajstić information content (AvgIpc) is 2.71. The lowest BCUT2D eigenvalue weighted by Crippen LogP contribution is -2.31. The van der Waals surface area contributed by atoms with Crippen LogP contribution < -0.4 is 11.0 Å². The Morgan fingerprint density at radius 2 is 2.24 bits per heavy atom.